The van der Waals surface area contributed by atoms with Gasteiger partial charge in [0.1, 0.15) is 11.6 Å². The Kier molecular flexibility index (Phi) is 6.13. The molecule has 5 nitrogen and oxygen atoms in total. The molecule has 1 aromatic heterocycles. The summed E-state index contributed by atoms with van der Waals surface area (Å²) in [5.41, 5.74) is 2.23. The second-order valence-electron chi connectivity index (χ2n) is 5.93. The minimum atomic E-state index is -0.267. The highest BCUT2D eigenvalue weighted by Gasteiger charge is 2.10. The number of imidazole rings is 1. The quantitative estimate of drug-likeness (QED) is 0.630. The smallest absolute Gasteiger partial charge is 0.230 e. The summed E-state index contributed by atoms with van der Waals surface area (Å²) >= 11 is 1.34. The zero-order chi connectivity index (χ0) is 19.2. The maximum absolute atomic E-state index is 13.6. The molecule has 7 heteroatoms. The SMILES string of the molecule is COc1cccc(-n2ccnc2SCC(=O)NCc2ccc(C)c(F)c2)c1. The van der Waals surface area contributed by atoms with E-state index in [1.54, 1.807) is 32.4 Å². The highest BCUT2D eigenvalue weighted by atomic mass is 32.2. The molecular formula is C20H20FN3O2S. The maximum Gasteiger partial charge on any atom is 0.230 e. The summed E-state index contributed by atoms with van der Waals surface area (Å²) in [5.74, 6) is 0.563. The van der Waals surface area contributed by atoms with Crippen LogP contribution in [-0.2, 0) is 11.3 Å². The molecule has 0 aliphatic carbocycles. The third-order valence-corrected chi connectivity index (χ3v) is 4.96. The van der Waals surface area contributed by atoms with E-state index in [1.165, 1.54) is 17.8 Å². The molecule has 0 aliphatic heterocycles. The minimum absolute atomic E-state index is 0.138. The molecule has 1 heterocycles. The van der Waals surface area contributed by atoms with Gasteiger partial charge in [0.05, 0.1) is 18.6 Å². The number of hydrogen-bond acceptors (Lipinski definition) is 4. The van der Waals surface area contributed by atoms with Crippen LogP contribution >= 0.6 is 11.8 Å². The average molecular weight is 385 g/mol. The molecule has 0 unspecified atom stereocenters. The predicted molar refractivity (Wildman–Crippen MR) is 104 cm³/mol. The van der Waals surface area contributed by atoms with Gasteiger partial charge in [0.15, 0.2) is 5.16 Å². The number of carbonyl (C=O) groups excluding carboxylic acids is 1. The van der Waals surface area contributed by atoms with E-state index in [-0.39, 0.29) is 17.5 Å². The molecule has 1 amide bonds. The Hall–Kier alpha value is -2.80. The molecule has 0 atom stereocenters. The number of nitrogens with one attached hydrogen (secondary N) is 1. The molecule has 0 bridgehead atoms. The van der Waals surface area contributed by atoms with E-state index in [1.807, 2.05) is 35.0 Å². The fourth-order valence-corrected chi connectivity index (χ4v) is 3.28. The van der Waals surface area contributed by atoms with Gasteiger partial charge in [-0.05, 0) is 36.2 Å². The largest absolute Gasteiger partial charge is 0.497 e. The van der Waals surface area contributed by atoms with E-state index in [9.17, 15) is 9.18 Å². The lowest BCUT2D eigenvalue weighted by Crippen LogP contribution is -2.24. The van der Waals surface area contributed by atoms with Gasteiger partial charge in [0.25, 0.3) is 0 Å². The van der Waals surface area contributed by atoms with Crippen LogP contribution in [0.5, 0.6) is 5.75 Å². The van der Waals surface area contributed by atoms with Gasteiger partial charge in [-0.25, -0.2) is 9.37 Å². The molecule has 2 aromatic carbocycles. The summed E-state index contributed by atoms with van der Waals surface area (Å²) in [5, 5.41) is 3.51. The lowest BCUT2D eigenvalue weighted by Gasteiger charge is -2.09. The highest BCUT2D eigenvalue weighted by Crippen LogP contribution is 2.23. The number of carbonyl (C=O) groups is 1. The van der Waals surface area contributed by atoms with Crippen LogP contribution in [0.1, 0.15) is 11.1 Å². The van der Waals surface area contributed by atoms with Crippen LogP contribution in [0.25, 0.3) is 5.69 Å². The van der Waals surface area contributed by atoms with Gasteiger partial charge in [-0.3, -0.25) is 9.36 Å². The van der Waals surface area contributed by atoms with E-state index >= 15 is 0 Å². The second-order valence-corrected chi connectivity index (χ2v) is 6.87. The average Bonchev–Trinajstić information content (AvgIpc) is 3.16. The van der Waals surface area contributed by atoms with Crippen molar-refractivity contribution in [2.24, 2.45) is 0 Å². The first-order valence-corrected chi connectivity index (χ1v) is 9.37. The fraction of sp³-hybridized carbons (Fsp3) is 0.200. The van der Waals surface area contributed by atoms with E-state index in [0.717, 1.165) is 17.0 Å². The Labute approximate surface area is 161 Å². The molecule has 27 heavy (non-hydrogen) atoms. The van der Waals surface area contributed by atoms with Gasteiger partial charge in [-0.15, -0.1) is 0 Å². The number of rotatable bonds is 7. The van der Waals surface area contributed by atoms with Gasteiger partial charge >= 0.3 is 0 Å². The van der Waals surface area contributed by atoms with Crippen LogP contribution in [0.2, 0.25) is 0 Å². The summed E-state index contributed by atoms with van der Waals surface area (Å²) in [7, 11) is 1.62. The molecule has 140 valence electrons. The summed E-state index contributed by atoms with van der Waals surface area (Å²) in [6.45, 7) is 2.00. The van der Waals surface area contributed by atoms with Gasteiger partial charge in [-0.2, -0.15) is 0 Å². The summed E-state index contributed by atoms with van der Waals surface area (Å²) in [6.07, 6.45) is 3.53. The van der Waals surface area contributed by atoms with Crippen molar-refractivity contribution in [2.45, 2.75) is 18.6 Å². The van der Waals surface area contributed by atoms with Gasteiger partial charge in [0.2, 0.25) is 5.91 Å². The molecule has 1 N–H and O–H groups in total. The molecule has 0 radical (unpaired) electrons. The van der Waals surface area contributed by atoms with Gasteiger partial charge in [-0.1, -0.05) is 30.0 Å². The normalized spacial score (nSPS) is 10.6. The van der Waals surface area contributed by atoms with Crippen molar-refractivity contribution in [3.05, 3.63) is 71.8 Å². The fourth-order valence-electron chi connectivity index (χ4n) is 2.48. The Balaban J connectivity index is 1.58. The van der Waals surface area contributed by atoms with Crippen molar-refractivity contribution in [3.8, 4) is 11.4 Å². The minimum Gasteiger partial charge on any atom is -0.497 e. The van der Waals surface area contributed by atoms with Crippen LogP contribution in [0.4, 0.5) is 4.39 Å². The van der Waals surface area contributed by atoms with E-state index in [4.69, 9.17) is 4.74 Å². The zero-order valence-corrected chi connectivity index (χ0v) is 15.9. The number of aromatic nitrogens is 2. The second kappa shape index (κ2) is 8.73. The first-order valence-electron chi connectivity index (χ1n) is 8.39. The number of benzene rings is 2. The Morgan fingerprint density at radius 2 is 2.15 bits per heavy atom. The monoisotopic (exact) mass is 385 g/mol. The molecule has 3 aromatic rings. The van der Waals surface area contributed by atoms with E-state index in [2.05, 4.69) is 10.3 Å². The van der Waals surface area contributed by atoms with Crippen molar-refractivity contribution in [1.82, 2.24) is 14.9 Å². The molecule has 3 rings (SSSR count). The maximum atomic E-state index is 13.6. The van der Waals surface area contributed by atoms with E-state index in [0.29, 0.717) is 17.3 Å². The number of thioether (sulfide) groups is 1. The number of nitrogens with zero attached hydrogens (tertiary/aromatic N) is 2. The zero-order valence-electron chi connectivity index (χ0n) is 15.1. The molecule has 0 aliphatic rings. The Morgan fingerprint density at radius 1 is 1.30 bits per heavy atom. The van der Waals surface area contributed by atoms with Crippen molar-refractivity contribution < 1.29 is 13.9 Å². The van der Waals surface area contributed by atoms with Crippen LogP contribution in [0.3, 0.4) is 0 Å². The number of halogens is 1. The van der Waals surface area contributed by atoms with Crippen LogP contribution < -0.4 is 10.1 Å². The number of amides is 1. The summed E-state index contributed by atoms with van der Waals surface area (Å²) in [6, 6.07) is 12.6. The van der Waals surface area contributed by atoms with Crippen LogP contribution in [0.15, 0.2) is 60.0 Å². The summed E-state index contributed by atoms with van der Waals surface area (Å²) < 4.78 is 20.7. The Bertz CT molecular complexity index is 942. The third kappa shape index (κ3) is 4.89. The summed E-state index contributed by atoms with van der Waals surface area (Å²) in [4.78, 5) is 16.4. The van der Waals surface area contributed by atoms with E-state index < -0.39 is 0 Å². The van der Waals surface area contributed by atoms with Crippen molar-refractivity contribution in [2.75, 3.05) is 12.9 Å². The molecule has 0 saturated heterocycles. The number of aryl methyl sites for hydroxylation is 1. The number of hydrogen-bond donors (Lipinski definition) is 1. The lowest BCUT2D eigenvalue weighted by molar-refractivity contribution is -0.118. The van der Waals surface area contributed by atoms with Crippen molar-refractivity contribution in [1.29, 1.82) is 0 Å². The first-order chi connectivity index (χ1) is 13.1. The Morgan fingerprint density at radius 3 is 2.93 bits per heavy atom. The van der Waals surface area contributed by atoms with Crippen molar-refractivity contribution in [3.63, 3.8) is 0 Å². The number of methoxy groups -OCH3 is 1. The van der Waals surface area contributed by atoms with Crippen LogP contribution in [-0.4, -0.2) is 28.3 Å². The standard InChI is InChI=1S/C20H20FN3O2S/c1-14-6-7-15(10-18(14)21)12-23-19(25)13-27-20-22-8-9-24(20)16-4-3-5-17(11-16)26-2/h3-11H,12-13H2,1-2H3,(H,23,25). The lowest BCUT2D eigenvalue weighted by atomic mass is 10.1. The van der Waals surface area contributed by atoms with Crippen LogP contribution in [0, 0.1) is 12.7 Å². The molecule has 0 saturated carbocycles. The third-order valence-electron chi connectivity index (χ3n) is 4.00. The molecular weight excluding hydrogens is 365 g/mol. The molecule has 0 fully saturated rings. The topological polar surface area (TPSA) is 56.2 Å². The highest BCUT2D eigenvalue weighted by molar-refractivity contribution is 7.99. The van der Waals surface area contributed by atoms with Gasteiger partial charge in [0, 0.05) is 25.0 Å². The predicted octanol–water partition coefficient (Wildman–Crippen LogP) is 3.74. The van der Waals surface area contributed by atoms with Gasteiger partial charge < -0.3 is 10.1 Å². The first kappa shape index (κ1) is 19.0. The number of ether oxygens (including phenoxy) is 1. The van der Waals surface area contributed by atoms with Crippen molar-refractivity contribution >= 4 is 17.7 Å². The molecule has 0 spiro atoms.